The Balaban J connectivity index is 1.80. The normalized spacial score (nSPS) is 12.6. The molecular weight excluding hydrogens is 650 g/mol. The predicted molar refractivity (Wildman–Crippen MR) is 183 cm³/mol. The highest BCUT2D eigenvalue weighted by molar-refractivity contribution is 9.10. The summed E-state index contributed by atoms with van der Waals surface area (Å²) in [6.07, 6.45) is 0.984. The molecule has 0 spiro atoms. The van der Waals surface area contributed by atoms with E-state index in [0.717, 1.165) is 37.5 Å². The summed E-state index contributed by atoms with van der Waals surface area (Å²) in [6, 6.07) is 29.7. The van der Waals surface area contributed by atoms with Gasteiger partial charge in [-0.15, -0.1) is 0 Å². The highest BCUT2D eigenvalue weighted by atomic mass is 79.9. The Morgan fingerprint density at radius 1 is 0.822 bits per heavy atom. The number of hydrogen-bond acceptors (Lipinski definition) is 4. The largest absolute Gasteiger partial charge is 0.352 e. The molecule has 9 heteroatoms. The van der Waals surface area contributed by atoms with Gasteiger partial charge < -0.3 is 10.2 Å². The lowest BCUT2D eigenvalue weighted by Gasteiger charge is -2.34. The van der Waals surface area contributed by atoms with Crippen LogP contribution in [0.3, 0.4) is 0 Å². The molecule has 2 atom stereocenters. The van der Waals surface area contributed by atoms with E-state index in [1.165, 1.54) is 4.90 Å². The van der Waals surface area contributed by atoms with Gasteiger partial charge in [0, 0.05) is 23.5 Å². The maximum atomic E-state index is 14.5. The summed E-state index contributed by atoms with van der Waals surface area (Å²) >= 11 is 3.51. The van der Waals surface area contributed by atoms with Gasteiger partial charge in [0.05, 0.1) is 10.6 Å². The second-order valence-corrected chi connectivity index (χ2v) is 14.1. The second kappa shape index (κ2) is 15.4. The van der Waals surface area contributed by atoms with Crippen LogP contribution in [0, 0.1) is 13.8 Å². The van der Waals surface area contributed by atoms with Gasteiger partial charge >= 0.3 is 0 Å². The molecule has 45 heavy (non-hydrogen) atoms. The van der Waals surface area contributed by atoms with Gasteiger partial charge in [-0.2, -0.15) is 0 Å². The van der Waals surface area contributed by atoms with Crippen LogP contribution in [-0.2, 0) is 32.6 Å². The third-order valence-electron chi connectivity index (χ3n) is 7.72. The van der Waals surface area contributed by atoms with Gasteiger partial charge in [-0.25, -0.2) is 8.42 Å². The number of carbonyl (C=O) groups is 2. The van der Waals surface area contributed by atoms with E-state index in [4.69, 9.17) is 0 Å². The molecule has 4 aromatic carbocycles. The summed E-state index contributed by atoms with van der Waals surface area (Å²) in [4.78, 5) is 30.0. The number of amides is 2. The molecule has 0 saturated heterocycles. The quantitative estimate of drug-likeness (QED) is 0.167. The number of sulfonamides is 1. The average molecular weight is 691 g/mol. The molecule has 0 heterocycles. The second-order valence-electron chi connectivity index (χ2n) is 11.3. The highest BCUT2D eigenvalue weighted by Gasteiger charge is 2.35. The lowest BCUT2D eigenvalue weighted by Crippen LogP contribution is -2.54. The predicted octanol–water partition coefficient (Wildman–Crippen LogP) is 6.82. The molecule has 7 nitrogen and oxygen atoms in total. The van der Waals surface area contributed by atoms with Crippen molar-refractivity contribution in [3.63, 3.8) is 0 Å². The third kappa shape index (κ3) is 9.05. The molecule has 0 unspecified atom stereocenters. The molecule has 0 aliphatic rings. The molecule has 0 aliphatic carbocycles. The standard InChI is InChI=1S/C36H40BrN3O4S/c1-5-28(4)38-36(42)34(23-29-10-7-6-8-11-29)39(24-30-12-9-13-31(37)22-30)35(41)25-40(32-18-14-26(2)15-19-32)45(43,44)33-20-16-27(3)17-21-33/h6-22,28,34H,5,23-25H2,1-4H3,(H,38,42)/t28-,34-/m1/s1. The van der Waals surface area contributed by atoms with Crippen molar-refractivity contribution in [3.8, 4) is 0 Å². The highest BCUT2D eigenvalue weighted by Crippen LogP contribution is 2.26. The number of hydrogen-bond donors (Lipinski definition) is 1. The Morgan fingerprint density at radius 2 is 1.42 bits per heavy atom. The number of anilines is 1. The van der Waals surface area contributed by atoms with Crippen LogP contribution in [0.2, 0.25) is 0 Å². The summed E-state index contributed by atoms with van der Waals surface area (Å²) in [5.41, 5.74) is 3.93. The van der Waals surface area contributed by atoms with Crippen molar-refractivity contribution < 1.29 is 18.0 Å². The first kappa shape index (κ1) is 33.9. The van der Waals surface area contributed by atoms with Crippen LogP contribution in [0.15, 0.2) is 112 Å². The fourth-order valence-corrected chi connectivity index (χ4v) is 6.77. The van der Waals surface area contributed by atoms with Crippen LogP contribution < -0.4 is 9.62 Å². The minimum atomic E-state index is -4.14. The Morgan fingerprint density at radius 3 is 2.02 bits per heavy atom. The molecule has 0 bridgehead atoms. The number of aryl methyl sites for hydroxylation is 2. The first-order valence-corrected chi connectivity index (χ1v) is 17.3. The van der Waals surface area contributed by atoms with Gasteiger partial charge in [0.15, 0.2) is 0 Å². The SMILES string of the molecule is CC[C@@H](C)NC(=O)[C@@H](Cc1ccccc1)N(Cc1cccc(Br)c1)C(=O)CN(c1ccc(C)cc1)S(=O)(=O)c1ccc(C)cc1. The smallest absolute Gasteiger partial charge is 0.264 e. The monoisotopic (exact) mass is 689 g/mol. The maximum Gasteiger partial charge on any atom is 0.264 e. The molecule has 4 rings (SSSR count). The summed E-state index contributed by atoms with van der Waals surface area (Å²) in [5, 5.41) is 3.06. The summed E-state index contributed by atoms with van der Waals surface area (Å²) in [7, 11) is -4.14. The van der Waals surface area contributed by atoms with E-state index in [0.29, 0.717) is 5.69 Å². The molecular formula is C36H40BrN3O4S. The van der Waals surface area contributed by atoms with E-state index >= 15 is 0 Å². The number of nitrogens with zero attached hydrogens (tertiary/aromatic N) is 2. The first-order chi connectivity index (χ1) is 21.5. The summed E-state index contributed by atoms with van der Waals surface area (Å²) in [5.74, 6) is -0.786. The third-order valence-corrected chi connectivity index (χ3v) is 10.0. The molecule has 2 amide bonds. The molecule has 0 saturated carbocycles. The average Bonchev–Trinajstić information content (AvgIpc) is 3.02. The Labute approximate surface area is 275 Å². The first-order valence-electron chi connectivity index (χ1n) is 15.0. The van der Waals surface area contributed by atoms with Gasteiger partial charge in [-0.3, -0.25) is 13.9 Å². The molecule has 0 aliphatic heterocycles. The van der Waals surface area contributed by atoms with Crippen molar-refractivity contribution in [1.82, 2.24) is 10.2 Å². The van der Waals surface area contributed by atoms with Crippen molar-refractivity contribution in [3.05, 3.63) is 130 Å². The Bertz CT molecular complexity index is 1690. The van der Waals surface area contributed by atoms with Crippen molar-refractivity contribution >= 4 is 43.5 Å². The zero-order chi connectivity index (χ0) is 32.6. The van der Waals surface area contributed by atoms with Crippen molar-refractivity contribution in [2.75, 3.05) is 10.8 Å². The van der Waals surface area contributed by atoms with Crippen LogP contribution in [-0.4, -0.2) is 43.8 Å². The van der Waals surface area contributed by atoms with Crippen LogP contribution in [0.5, 0.6) is 0 Å². The fourth-order valence-electron chi connectivity index (χ4n) is 4.90. The Hall–Kier alpha value is -3.95. The number of benzene rings is 4. The van der Waals surface area contributed by atoms with E-state index in [1.807, 2.05) is 94.4 Å². The minimum absolute atomic E-state index is 0.0790. The van der Waals surface area contributed by atoms with E-state index < -0.39 is 28.5 Å². The van der Waals surface area contributed by atoms with Crippen LogP contribution in [0.25, 0.3) is 0 Å². The maximum absolute atomic E-state index is 14.5. The lowest BCUT2D eigenvalue weighted by atomic mass is 10.0. The zero-order valence-corrected chi connectivity index (χ0v) is 28.5. The minimum Gasteiger partial charge on any atom is -0.352 e. The van der Waals surface area contributed by atoms with E-state index in [2.05, 4.69) is 21.2 Å². The van der Waals surface area contributed by atoms with Crippen molar-refractivity contribution in [2.45, 2.75) is 64.1 Å². The molecule has 0 radical (unpaired) electrons. The van der Waals surface area contributed by atoms with Gasteiger partial charge in [0.1, 0.15) is 12.6 Å². The number of rotatable bonds is 13. The van der Waals surface area contributed by atoms with Gasteiger partial charge in [0.25, 0.3) is 10.0 Å². The molecule has 236 valence electrons. The van der Waals surface area contributed by atoms with E-state index in [-0.39, 0.29) is 29.8 Å². The fraction of sp³-hybridized carbons (Fsp3) is 0.278. The number of nitrogens with one attached hydrogen (secondary N) is 1. The van der Waals surface area contributed by atoms with Crippen molar-refractivity contribution in [1.29, 1.82) is 0 Å². The number of halogens is 1. The van der Waals surface area contributed by atoms with E-state index in [1.54, 1.807) is 36.4 Å². The van der Waals surface area contributed by atoms with Gasteiger partial charge in [-0.05, 0) is 74.7 Å². The van der Waals surface area contributed by atoms with Gasteiger partial charge in [-0.1, -0.05) is 101 Å². The molecule has 1 N–H and O–H groups in total. The van der Waals surface area contributed by atoms with E-state index in [9.17, 15) is 18.0 Å². The molecule has 0 fully saturated rings. The van der Waals surface area contributed by atoms with Crippen molar-refractivity contribution in [2.24, 2.45) is 0 Å². The molecule has 4 aromatic rings. The van der Waals surface area contributed by atoms with Crippen LogP contribution >= 0.6 is 15.9 Å². The van der Waals surface area contributed by atoms with Crippen LogP contribution in [0.1, 0.15) is 42.5 Å². The van der Waals surface area contributed by atoms with Crippen LogP contribution in [0.4, 0.5) is 5.69 Å². The topological polar surface area (TPSA) is 86.8 Å². The van der Waals surface area contributed by atoms with Gasteiger partial charge in [0.2, 0.25) is 11.8 Å². The number of carbonyl (C=O) groups excluding carboxylic acids is 2. The lowest BCUT2D eigenvalue weighted by molar-refractivity contribution is -0.140. The molecule has 0 aromatic heterocycles. The zero-order valence-electron chi connectivity index (χ0n) is 26.1. The Kier molecular flexibility index (Phi) is 11.6. The summed E-state index contributed by atoms with van der Waals surface area (Å²) < 4.78 is 30.2. The summed E-state index contributed by atoms with van der Waals surface area (Å²) in [6.45, 7) is 7.32.